The predicted molar refractivity (Wildman–Crippen MR) is 138 cm³/mol. The molecule has 9 heteroatoms. The van der Waals surface area contributed by atoms with Crippen molar-refractivity contribution in [3.8, 4) is 17.4 Å². The van der Waals surface area contributed by atoms with Crippen molar-refractivity contribution < 1.29 is 18.7 Å². The van der Waals surface area contributed by atoms with E-state index in [0.717, 1.165) is 29.7 Å². The summed E-state index contributed by atoms with van der Waals surface area (Å²) in [6, 6.07) is 10.2. The molecule has 3 aromatic rings. The SMILES string of the molecule is CCOC(=O)c1c(NC(=O)/C(C#N)=C/c2ccc(-c3cc(Cl)ccc3Cl)o2)sc2c1CC[C@H](C)C2. The average molecular weight is 529 g/mol. The molecule has 35 heavy (non-hydrogen) atoms. The monoisotopic (exact) mass is 528 g/mol. The first kappa shape index (κ1) is 25.1. The van der Waals surface area contributed by atoms with Crippen LogP contribution in [-0.2, 0) is 22.4 Å². The van der Waals surface area contributed by atoms with Gasteiger partial charge in [0.2, 0.25) is 0 Å². The number of hydrogen-bond acceptors (Lipinski definition) is 6. The number of anilines is 1. The molecular weight excluding hydrogens is 507 g/mol. The van der Waals surface area contributed by atoms with E-state index in [0.29, 0.717) is 43.6 Å². The number of furan rings is 1. The number of thiophene rings is 1. The number of benzene rings is 1. The summed E-state index contributed by atoms with van der Waals surface area (Å²) >= 11 is 13.7. The van der Waals surface area contributed by atoms with Crippen molar-refractivity contribution in [1.82, 2.24) is 0 Å². The standard InChI is InChI=1S/C26H22Cl2N2O4S/c1-3-33-26(32)23-18-7-4-14(2)10-22(18)35-25(23)30-24(31)15(13-29)11-17-6-9-21(34-17)19-12-16(27)5-8-20(19)28/h5-6,8-9,11-12,14H,3-4,7,10H2,1-2H3,(H,30,31)/b15-11+/t14-/m0/s1. The van der Waals surface area contributed by atoms with Gasteiger partial charge < -0.3 is 14.5 Å². The number of nitrogens with zero attached hydrogens (tertiary/aromatic N) is 1. The highest BCUT2D eigenvalue weighted by molar-refractivity contribution is 7.17. The molecule has 1 N–H and O–H groups in total. The molecule has 1 aliphatic carbocycles. The topological polar surface area (TPSA) is 92.3 Å². The quantitative estimate of drug-likeness (QED) is 0.208. The summed E-state index contributed by atoms with van der Waals surface area (Å²) in [5.74, 6) is 0.143. The lowest BCUT2D eigenvalue weighted by atomic mass is 9.88. The number of hydrogen-bond donors (Lipinski definition) is 1. The van der Waals surface area contributed by atoms with Gasteiger partial charge in [-0.1, -0.05) is 30.1 Å². The third kappa shape index (κ3) is 5.46. The summed E-state index contributed by atoms with van der Waals surface area (Å²) in [5.41, 5.74) is 1.75. The van der Waals surface area contributed by atoms with Crippen LogP contribution in [0.3, 0.4) is 0 Å². The van der Waals surface area contributed by atoms with Gasteiger partial charge in [0.25, 0.3) is 5.91 Å². The second kappa shape index (κ2) is 10.7. The van der Waals surface area contributed by atoms with E-state index < -0.39 is 11.9 Å². The molecule has 2 aromatic heterocycles. The number of nitrogens with one attached hydrogen (secondary N) is 1. The smallest absolute Gasteiger partial charge is 0.341 e. The average Bonchev–Trinajstić information content (AvgIpc) is 3.43. The fourth-order valence-electron chi connectivity index (χ4n) is 3.98. The molecule has 0 fully saturated rings. The van der Waals surface area contributed by atoms with E-state index in [1.54, 1.807) is 37.3 Å². The Hall–Kier alpha value is -3.05. The molecule has 6 nitrogen and oxygen atoms in total. The summed E-state index contributed by atoms with van der Waals surface area (Å²) in [7, 11) is 0. The Balaban J connectivity index is 1.61. The van der Waals surface area contributed by atoms with Gasteiger partial charge in [-0.2, -0.15) is 5.26 Å². The van der Waals surface area contributed by atoms with E-state index in [1.807, 2.05) is 6.07 Å². The second-order valence-electron chi connectivity index (χ2n) is 8.23. The number of nitriles is 1. The van der Waals surface area contributed by atoms with Crippen LogP contribution in [0.4, 0.5) is 5.00 Å². The maximum Gasteiger partial charge on any atom is 0.341 e. The molecule has 0 saturated carbocycles. The normalized spacial score (nSPS) is 15.3. The Labute approximate surface area is 217 Å². The summed E-state index contributed by atoms with van der Waals surface area (Å²) in [6.07, 6.45) is 3.89. The van der Waals surface area contributed by atoms with Crippen LogP contribution in [0.2, 0.25) is 10.0 Å². The first-order valence-electron chi connectivity index (χ1n) is 11.1. The number of amides is 1. The van der Waals surface area contributed by atoms with E-state index in [1.165, 1.54) is 17.4 Å². The molecule has 4 rings (SSSR count). The molecule has 2 heterocycles. The first-order valence-corrected chi connectivity index (χ1v) is 12.7. The van der Waals surface area contributed by atoms with E-state index >= 15 is 0 Å². The van der Waals surface area contributed by atoms with Crippen molar-refractivity contribution in [2.24, 2.45) is 5.92 Å². The molecule has 0 aliphatic heterocycles. The summed E-state index contributed by atoms with van der Waals surface area (Å²) in [4.78, 5) is 26.8. The molecular formula is C26H22Cl2N2O4S. The highest BCUT2D eigenvalue weighted by atomic mass is 35.5. The number of halogens is 2. The van der Waals surface area contributed by atoms with E-state index in [4.69, 9.17) is 32.4 Å². The zero-order valence-electron chi connectivity index (χ0n) is 19.1. The van der Waals surface area contributed by atoms with E-state index in [2.05, 4.69) is 12.2 Å². The van der Waals surface area contributed by atoms with Crippen LogP contribution >= 0.6 is 34.5 Å². The summed E-state index contributed by atoms with van der Waals surface area (Å²) < 4.78 is 11.0. The minimum Gasteiger partial charge on any atom is -0.462 e. The van der Waals surface area contributed by atoms with Crippen molar-refractivity contribution in [1.29, 1.82) is 5.26 Å². The maximum atomic E-state index is 13.0. The largest absolute Gasteiger partial charge is 0.462 e. The van der Waals surface area contributed by atoms with Crippen LogP contribution in [0, 0.1) is 17.2 Å². The van der Waals surface area contributed by atoms with Gasteiger partial charge in [-0.05, 0) is 68.0 Å². The fraction of sp³-hybridized carbons (Fsp3) is 0.269. The Morgan fingerprint density at radius 2 is 2.11 bits per heavy atom. The van der Waals surface area contributed by atoms with Gasteiger partial charge in [0.05, 0.1) is 17.2 Å². The highest BCUT2D eigenvalue weighted by Crippen LogP contribution is 2.40. The lowest BCUT2D eigenvalue weighted by Crippen LogP contribution is -2.17. The van der Waals surface area contributed by atoms with Crippen LogP contribution in [0.1, 0.15) is 46.8 Å². The summed E-state index contributed by atoms with van der Waals surface area (Å²) in [5, 5.41) is 13.8. The molecule has 1 aromatic carbocycles. The molecule has 0 spiro atoms. The van der Waals surface area contributed by atoms with Crippen LogP contribution in [0.15, 0.2) is 40.3 Å². The molecule has 1 aliphatic rings. The van der Waals surface area contributed by atoms with Crippen LogP contribution in [0.25, 0.3) is 17.4 Å². The Bertz CT molecular complexity index is 1370. The molecule has 180 valence electrons. The van der Waals surface area contributed by atoms with E-state index in [-0.39, 0.29) is 12.2 Å². The van der Waals surface area contributed by atoms with Crippen molar-refractivity contribution in [3.05, 3.63) is 67.7 Å². The van der Waals surface area contributed by atoms with Crippen molar-refractivity contribution in [2.75, 3.05) is 11.9 Å². The fourth-order valence-corrected chi connectivity index (χ4v) is 5.76. The van der Waals surface area contributed by atoms with Crippen LogP contribution in [-0.4, -0.2) is 18.5 Å². The zero-order chi connectivity index (χ0) is 25.1. The molecule has 0 saturated heterocycles. The van der Waals surface area contributed by atoms with Gasteiger partial charge >= 0.3 is 5.97 Å². The second-order valence-corrected chi connectivity index (χ2v) is 10.2. The van der Waals surface area contributed by atoms with Crippen molar-refractivity contribution >= 4 is 57.5 Å². The van der Waals surface area contributed by atoms with Gasteiger partial charge in [-0.3, -0.25) is 4.79 Å². The van der Waals surface area contributed by atoms with Crippen LogP contribution in [0.5, 0.6) is 0 Å². The maximum absolute atomic E-state index is 13.0. The van der Waals surface area contributed by atoms with Crippen molar-refractivity contribution in [3.63, 3.8) is 0 Å². The third-order valence-corrected chi connectivity index (χ3v) is 7.43. The zero-order valence-corrected chi connectivity index (χ0v) is 21.4. The lowest BCUT2D eigenvalue weighted by molar-refractivity contribution is -0.112. The first-order chi connectivity index (χ1) is 16.8. The van der Waals surface area contributed by atoms with Gasteiger partial charge in [0, 0.05) is 21.5 Å². The minimum absolute atomic E-state index is 0.169. The van der Waals surface area contributed by atoms with E-state index in [9.17, 15) is 14.9 Å². The number of rotatable bonds is 6. The number of carbonyl (C=O) groups excluding carboxylic acids is 2. The van der Waals surface area contributed by atoms with Gasteiger partial charge in [0.15, 0.2) is 0 Å². The Kier molecular flexibility index (Phi) is 7.66. The number of esters is 1. The molecule has 1 amide bonds. The summed E-state index contributed by atoms with van der Waals surface area (Å²) in [6.45, 7) is 4.13. The Morgan fingerprint density at radius 3 is 2.86 bits per heavy atom. The lowest BCUT2D eigenvalue weighted by Gasteiger charge is -2.18. The van der Waals surface area contributed by atoms with Gasteiger partial charge in [0.1, 0.15) is 28.2 Å². The Morgan fingerprint density at radius 1 is 1.31 bits per heavy atom. The third-order valence-electron chi connectivity index (χ3n) is 5.69. The number of carbonyl (C=O) groups is 2. The minimum atomic E-state index is -0.636. The molecule has 0 unspecified atom stereocenters. The molecule has 0 bridgehead atoms. The number of ether oxygens (including phenoxy) is 1. The van der Waals surface area contributed by atoms with Gasteiger partial charge in [-0.15, -0.1) is 11.3 Å². The predicted octanol–water partition coefficient (Wildman–Crippen LogP) is 7.16. The number of fused-ring (bicyclic) bond motifs is 1. The van der Waals surface area contributed by atoms with Crippen LogP contribution < -0.4 is 5.32 Å². The van der Waals surface area contributed by atoms with Gasteiger partial charge in [-0.25, -0.2) is 4.79 Å². The van der Waals surface area contributed by atoms with Crippen molar-refractivity contribution in [2.45, 2.75) is 33.1 Å². The highest BCUT2D eigenvalue weighted by Gasteiger charge is 2.29. The molecule has 0 radical (unpaired) electrons. The molecule has 1 atom stereocenters.